The van der Waals surface area contributed by atoms with Crippen LogP contribution >= 0.6 is 0 Å². The van der Waals surface area contributed by atoms with Gasteiger partial charge in [0.15, 0.2) is 0 Å². The first-order valence-corrected chi connectivity index (χ1v) is 12.5. The Morgan fingerprint density at radius 2 is 1.59 bits per heavy atom. The van der Waals surface area contributed by atoms with Gasteiger partial charge in [0, 0.05) is 12.0 Å². The zero-order valence-electron chi connectivity index (χ0n) is 17.8. The molecule has 0 aliphatic carbocycles. The summed E-state index contributed by atoms with van der Waals surface area (Å²) < 4.78 is 29.8. The lowest BCUT2D eigenvalue weighted by Gasteiger charge is -2.52. The molecule has 0 saturated heterocycles. The average Bonchev–Trinajstić information content (AvgIpc) is 2.83. The molecule has 3 aliphatic rings. The van der Waals surface area contributed by atoms with Gasteiger partial charge in [0.05, 0.1) is 11.4 Å². The van der Waals surface area contributed by atoms with Crippen LogP contribution in [0.5, 0.6) is 0 Å². The van der Waals surface area contributed by atoms with Crippen molar-refractivity contribution in [3.63, 3.8) is 0 Å². The molecular weight excluding hydrogens is 416 g/mol. The normalized spacial score (nSPS) is 25.0. The van der Waals surface area contributed by atoms with Crippen LogP contribution in [-0.4, -0.2) is 24.9 Å². The van der Waals surface area contributed by atoms with Crippen molar-refractivity contribution in [3.8, 4) is 0 Å². The number of fused-ring (bicyclic) bond motifs is 2. The van der Waals surface area contributed by atoms with Gasteiger partial charge in [-0.05, 0) is 36.1 Å². The fourth-order valence-corrected chi connectivity index (χ4v) is 7.18. The highest BCUT2D eigenvalue weighted by Gasteiger charge is 2.49. The predicted molar refractivity (Wildman–Crippen MR) is 128 cm³/mol. The van der Waals surface area contributed by atoms with Crippen molar-refractivity contribution in [1.82, 2.24) is 4.31 Å². The second kappa shape index (κ2) is 7.10. The Kier molecular flexibility index (Phi) is 4.30. The lowest BCUT2D eigenvalue weighted by atomic mass is 9.87. The van der Waals surface area contributed by atoms with Crippen molar-refractivity contribution in [2.45, 2.75) is 36.4 Å². The van der Waals surface area contributed by atoms with Crippen molar-refractivity contribution in [2.75, 3.05) is 4.90 Å². The Hall–Kier alpha value is -3.31. The summed E-state index contributed by atoms with van der Waals surface area (Å²) in [7, 11) is -3.71. The molecule has 0 aromatic heterocycles. The van der Waals surface area contributed by atoms with E-state index < -0.39 is 10.0 Å². The van der Waals surface area contributed by atoms with Gasteiger partial charge >= 0.3 is 0 Å². The molecule has 0 bridgehead atoms. The molecule has 3 aliphatic heterocycles. The Balaban J connectivity index is 1.62. The van der Waals surface area contributed by atoms with Crippen LogP contribution in [0.3, 0.4) is 0 Å². The topological polar surface area (TPSA) is 40.6 Å². The smallest absolute Gasteiger partial charge is 0.268 e. The average molecular weight is 441 g/mol. The maximum absolute atomic E-state index is 14.0. The van der Waals surface area contributed by atoms with Gasteiger partial charge in [0.25, 0.3) is 10.0 Å². The van der Waals surface area contributed by atoms with Crippen LogP contribution in [-0.2, 0) is 10.0 Å². The third-order valence-corrected chi connectivity index (χ3v) is 8.61. The summed E-state index contributed by atoms with van der Waals surface area (Å²) >= 11 is 0. The molecule has 0 N–H and O–H groups in total. The van der Waals surface area contributed by atoms with E-state index in [-0.39, 0.29) is 18.1 Å². The van der Waals surface area contributed by atoms with Crippen LogP contribution in [0.15, 0.2) is 95.9 Å². The molecule has 0 unspecified atom stereocenters. The molecule has 0 spiro atoms. The first kappa shape index (κ1) is 19.4. The molecule has 0 amide bonds. The Labute approximate surface area is 189 Å². The van der Waals surface area contributed by atoms with Crippen molar-refractivity contribution in [1.29, 1.82) is 0 Å². The summed E-state index contributed by atoms with van der Waals surface area (Å²) in [4.78, 5) is 2.69. The quantitative estimate of drug-likeness (QED) is 0.531. The third-order valence-electron chi connectivity index (χ3n) is 6.77. The van der Waals surface area contributed by atoms with E-state index in [0.717, 1.165) is 22.5 Å². The van der Waals surface area contributed by atoms with Crippen molar-refractivity contribution >= 4 is 27.5 Å². The Morgan fingerprint density at radius 3 is 2.34 bits per heavy atom. The first-order valence-electron chi connectivity index (χ1n) is 11.0. The van der Waals surface area contributed by atoms with Crippen LogP contribution in [0.4, 0.5) is 5.69 Å². The van der Waals surface area contributed by atoms with Gasteiger partial charge in [0.2, 0.25) is 0 Å². The maximum Gasteiger partial charge on any atom is 0.268 e. The van der Waals surface area contributed by atoms with E-state index in [1.807, 2.05) is 48.5 Å². The number of nitrogens with zero attached hydrogens (tertiary/aromatic N) is 2. The van der Waals surface area contributed by atoms with E-state index in [1.165, 1.54) is 5.56 Å². The van der Waals surface area contributed by atoms with Crippen LogP contribution in [0, 0.1) is 0 Å². The molecule has 32 heavy (non-hydrogen) atoms. The molecular formula is C27H24N2O2S. The van der Waals surface area contributed by atoms with Gasteiger partial charge in [-0.1, -0.05) is 91.0 Å². The molecule has 6 rings (SSSR count). The monoisotopic (exact) mass is 440 g/mol. The number of hydrogen-bond donors (Lipinski definition) is 0. The van der Waals surface area contributed by atoms with Crippen LogP contribution in [0.1, 0.15) is 36.0 Å². The number of para-hydroxylation sites is 1. The fourth-order valence-electron chi connectivity index (χ4n) is 5.32. The summed E-state index contributed by atoms with van der Waals surface area (Å²) in [6.45, 7) is 2.14. The molecule has 5 heteroatoms. The Morgan fingerprint density at radius 1 is 0.875 bits per heavy atom. The lowest BCUT2D eigenvalue weighted by Crippen LogP contribution is -2.59. The van der Waals surface area contributed by atoms with Gasteiger partial charge in [-0.25, -0.2) is 12.7 Å². The minimum Gasteiger partial charge on any atom is -0.342 e. The maximum atomic E-state index is 14.0. The van der Waals surface area contributed by atoms with Crippen molar-refractivity contribution in [2.24, 2.45) is 0 Å². The largest absolute Gasteiger partial charge is 0.342 e. The van der Waals surface area contributed by atoms with Crippen LogP contribution in [0.25, 0.3) is 11.8 Å². The van der Waals surface area contributed by atoms with Crippen molar-refractivity contribution in [3.05, 3.63) is 108 Å². The molecule has 3 heterocycles. The zero-order chi connectivity index (χ0) is 21.9. The molecule has 0 saturated carbocycles. The van der Waals surface area contributed by atoms with Gasteiger partial charge < -0.3 is 4.90 Å². The summed E-state index contributed by atoms with van der Waals surface area (Å²) in [5.74, 6) is 0.120. The van der Waals surface area contributed by atoms with E-state index in [9.17, 15) is 8.42 Å². The SMILES string of the molecule is C[C@@H]1C=Cc2cccc3c2N1[C@@H]1C[C@H](c2ccccc2)C=C(c2ccccc2)N1S3(=O)=O. The molecule has 3 aromatic carbocycles. The number of rotatable bonds is 2. The van der Waals surface area contributed by atoms with Gasteiger partial charge in [-0.2, -0.15) is 0 Å². The number of hydrogen-bond acceptors (Lipinski definition) is 3. The van der Waals surface area contributed by atoms with E-state index in [4.69, 9.17) is 0 Å². The summed E-state index contributed by atoms with van der Waals surface area (Å²) in [5, 5.41) is 0. The lowest BCUT2D eigenvalue weighted by molar-refractivity contribution is 0.328. The van der Waals surface area contributed by atoms with E-state index in [0.29, 0.717) is 11.3 Å². The summed E-state index contributed by atoms with van der Waals surface area (Å²) in [6.07, 6.45) is 6.76. The Bertz CT molecular complexity index is 1350. The highest BCUT2D eigenvalue weighted by Crippen LogP contribution is 2.50. The van der Waals surface area contributed by atoms with E-state index in [2.05, 4.69) is 54.3 Å². The van der Waals surface area contributed by atoms with Crippen molar-refractivity contribution < 1.29 is 8.42 Å². The van der Waals surface area contributed by atoms with Crippen LogP contribution < -0.4 is 4.90 Å². The molecule has 0 radical (unpaired) electrons. The number of sulfonamides is 1. The van der Waals surface area contributed by atoms with E-state index in [1.54, 1.807) is 10.4 Å². The second-order valence-electron chi connectivity index (χ2n) is 8.65. The standard InChI is InChI=1S/C27H24N2O2S/c1-19-15-16-22-13-8-14-25-27(22)28(19)26-18-23(20-9-4-2-5-10-20)17-24(29(26)32(25,30)31)21-11-6-3-7-12-21/h2-17,19,23,26H,18H2,1H3/t19-,23-,26+/m1/s1. The van der Waals surface area contributed by atoms with Gasteiger partial charge in [0.1, 0.15) is 11.1 Å². The van der Waals surface area contributed by atoms with Gasteiger partial charge in [-0.3, -0.25) is 0 Å². The highest BCUT2D eigenvalue weighted by molar-refractivity contribution is 7.89. The number of anilines is 1. The molecule has 160 valence electrons. The fraction of sp³-hybridized carbons (Fsp3) is 0.185. The molecule has 0 fully saturated rings. The molecule has 3 aromatic rings. The summed E-state index contributed by atoms with van der Waals surface area (Å²) in [5.41, 5.74) is 4.69. The number of benzene rings is 3. The highest BCUT2D eigenvalue weighted by atomic mass is 32.2. The molecule has 3 atom stereocenters. The minimum absolute atomic E-state index is 0.0956. The predicted octanol–water partition coefficient (Wildman–Crippen LogP) is 5.47. The number of allylic oxidation sites excluding steroid dienone is 1. The van der Waals surface area contributed by atoms with Crippen LogP contribution in [0.2, 0.25) is 0 Å². The molecule has 4 nitrogen and oxygen atoms in total. The van der Waals surface area contributed by atoms with E-state index >= 15 is 0 Å². The third kappa shape index (κ3) is 2.77. The van der Waals surface area contributed by atoms with Gasteiger partial charge in [-0.15, -0.1) is 0 Å². The first-order chi connectivity index (χ1) is 15.6. The zero-order valence-corrected chi connectivity index (χ0v) is 18.6. The second-order valence-corrected chi connectivity index (χ2v) is 10.4. The summed E-state index contributed by atoms with van der Waals surface area (Å²) in [6, 6.07) is 26.0. The minimum atomic E-state index is -3.71.